The average molecular weight is 290 g/mol. The minimum atomic E-state index is -1.85. The lowest BCUT2D eigenvalue weighted by Gasteiger charge is -2.33. The molecule has 3 N–H and O–H groups in total. The number of pyridine rings is 1. The first-order valence-electron chi connectivity index (χ1n) is 6.98. The molecule has 0 amide bonds. The molecule has 0 saturated heterocycles. The fourth-order valence-corrected chi connectivity index (χ4v) is 2.68. The van der Waals surface area contributed by atoms with Crippen LogP contribution in [0.5, 0.6) is 0 Å². The number of aliphatic hydroxyl groups is 1. The number of aromatic nitrogens is 1. The second-order valence-corrected chi connectivity index (χ2v) is 4.91. The van der Waals surface area contributed by atoms with E-state index in [2.05, 4.69) is 15.7 Å². The summed E-state index contributed by atoms with van der Waals surface area (Å²) in [4.78, 5) is 16.6. The van der Waals surface area contributed by atoms with E-state index in [4.69, 9.17) is 4.74 Å². The van der Waals surface area contributed by atoms with E-state index in [0.717, 1.165) is 5.70 Å². The van der Waals surface area contributed by atoms with Crippen molar-refractivity contribution in [1.29, 1.82) is 0 Å². The van der Waals surface area contributed by atoms with Crippen molar-refractivity contribution in [3.63, 3.8) is 0 Å². The number of anilines is 1. The van der Waals surface area contributed by atoms with Crippen LogP contribution in [-0.2, 0) is 9.53 Å². The molecular formula is C14H18N4O3. The van der Waals surface area contributed by atoms with Crippen LogP contribution < -0.4 is 15.8 Å². The van der Waals surface area contributed by atoms with Gasteiger partial charge in [0, 0.05) is 18.3 Å². The lowest BCUT2D eigenvalue weighted by Crippen LogP contribution is -2.57. The van der Waals surface area contributed by atoms with E-state index < -0.39 is 11.7 Å². The van der Waals surface area contributed by atoms with Gasteiger partial charge in [-0.1, -0.05) is 6.07 Å². The Kier molecular flexibility index (Phi) is 3.52. The molecule has 1 atom stereocenters. The van der Waals surface area contributed by atoms with Gasteiger partial charge in [0.1, 0.15) is 0 Å². The highest BCUT2D eigenvalue weighted by Gasteiger charge is 2.54. The summed E-state index contributed by atoms with van der Waals surface area (Å²) in [7, 11) is 0. The summed E-state index contributed by atoms with van der Waals surface area (Å²) in [6.07, 6.45) is 2.18. The first-order valence-corrected chi connectivity index (χ1v) is 6.98. The maximum absolute atomic E-state index is 12.4. The Labute approximate surface area is 122 Å². The van der Waals surface area contributed by atoms with Crippen molar-refractivity contribution in [2.45, 2.75) is 19.1 Å². The van der Waals surface area contributed by atoms with Gasteiger partial charge in [0.05, 0.1) is 12.3 Å². The van der Waals surface area contributed by atoms with Gasteiger partial charge in [0.15, 0.2) is 5.82 Å². The van der Waals surface area contributed by atoms with Gasteiger partial charge >= 0.3 is 5.97 Å². The highest BCUT2D eigenvalue weighted by Crippen LogP contribution is 2.36. The second kappa shape index (κ2) is 5.34. The summed E-state index contributed by atoms with van der Waals surface area (Å²) >= 11 is 0. The second-order valence-electron chi connectivity index (χ2n) is 4.91. The molecule has 112 valence electrons. The number of nitrogens with one attached hydrogen (secondary N) is 2. The van der Waals surface area contributed by atoms with Crippen LogP contribution in [0.3, 0.4) is 0 Å². The third kappa shape index (κ3) is 2.14. The molecule has 2 aliphatic heterocycles. The summed E-state index contributed by atoms with van der Waals surface area (Å²) in [6, 6.07) is 5.30. The Bertz CT molecular complexity index is 575. The van der Waals surface area contributed by atoms with Crippen LogP contribution in [0.1, 0.15) is 13.3 Å². The summed E-state index contributed by atoms with van der Waals surface area (Å²) in [6.45, 7) is 3.20. The molecule has 0 aromatic carbocycles. The molecule has 2 aliphatic rings. The third-order valence-corrected chi connectivity index (χ3v) is 3.65. The van der Waals surface area contributed by atoms with Crippen molar-refractivity contribution in [2.75, 3.05) is 24.7 Å². The highest BCUT2D eigenvalue weighted by molar-refractivity contribution is 5.88. The molecule has 0 bridgehead atoms. The van der Waals surface area contributed by atoms with Crippen molar-refractivity contribution in [2.24, 2.45) is 0 Å². The van der Waals surface area contributed by atoms with Crippen LogP contribution in [0, 0.1) is 0 Å². The van der Waals surface area contributed by atoms with Crippen molar-refractivity contribution >= 4 is 11.8 Å². The van der Waals surface area contributed by atoms with Crippen molar-refractivity contribution < 1.29 is 14.6 Å². The largest absolute Gasteiger partial charge is 0.462 e. The van der Waals surface area contributed by atoms with Gasteiger partial charge in [-0.25, -0.2) is 14.8 Å². The predicted molar refractivity (Wildman–Crippen MR) is 75.9 cm³/mol. The zero-order valence-electron chi connectivity index (χ0n) is 11.8. The van der Waals surface area contributed by atoms with Crippen LogP contribution in [-0.4, -0.2) is 41.5 Å². The van der Waals surface area contributed by atoms with Crippen molar-refractivity contribution in [3.05, 3.63) is 35.7 Å². The molecule has 0 fully saturated rings. The summed E-state index contributed by atoms with van der Waals surface area (Å²) in [5, 5.41) is 15.6. The van der Waals surface area contributed by atoms with E-state index in [0.29, 0.717) is 30.9 Å². The van der Waals surface area contributed by atoms with Gasteiger partial charge in [-0.3, -0.25) is 5.43 Å². The number of hydrogen-bond acceptors (Lipinski definition) is 7. The first kappa shape index (κ1) is 13.8. The molecule has 1 unspecified atom stereocenters. The fourth-order valence-electron chi connectivity index (χ4n) is 2.68. The quantitative estimate of drug-likeness (QED) is 0.670. The highest BCUT2D eigenvalue weighted by atomic mass is 16.6. The number of ether oxygens (including phenoxy) is 1. The van der Waals surface area contributed by atoms with E-state index in [1.54, 1.807) is 31.3 Å². The lowest BCUT2D eigenvalue weighted by atomic mass is 9.96. The molecule has 3 rings (SSSR count). The van der Waals surface area contributed by atoms with Gasteiger partial charge in [0.25, 0.3) is 5.72 Å². The van der Waals surface area contributed by atoms with Gasteiger partial charge in [0.2, 0.25) is 0 Å². The van der Waals surface area contributed by atoms with Crippen LogP contribution >= 0.6 is 0 Å². The van der Waals surface area contributed by atoms with E-state index in [1.807, 2.05) is 0 Å². The number of hydrogen-bond donors (Lipinski definition) is 3. The number of nitrogens with zero attached hydrogens (tertiary/aromatic N) is 2. The SMILES string of the molecule is CCOC(=O)C1(O)C2=C(CNCC2)NN1c1ccccn1. The number of esters is 1. The van der Waals surface area contributed by atoms with E-state index in [1.165, 1.54) is 5.01 Å². The Morgan fingerprint density at radius 3 is 3.14 bits per heavy atom. The number of carbonyl (C=O) groups is 1. The van der Waals surface area contributed by atoms with E-state index in [-0.39, 0.29) is 6.61 Å². The molecule has 1 aromatic heterocycles. The number of carbonyl (C=O) groups excluding carboxylic acids is 1. The topological polar surface area (TPSA) is 86.7 Å². The number of hydrazine groups is 1. The summed E-state index contributed by atoms with van der Waals surface area (Å²) in [5.74, 6) is -0.225. The fraction of sp³-hybridized carbons (Fsp3) is 0.429. The minimum Gasteiger partial charge on any atom is -0.462 e. The zero-order valence-corrected chi connectivity index (χ0v) is 11.8. The third-order valence-electron chi connectivity index (χ3n) is 3.65. The Morgan fingerprint density at radius 1 is 1.57 bits per heavy atom. The van der Waals surface area contributed by atoms with Crippen molar-refractivity contribution in [3.8, 4) is 0 Å². The normalized spacial score (nSPS) is 24.6. The monoisotopic (exact) mass is 290 g/mol. The van der Waals surface area contributed by atoms with Crippen LogP contribution in [0.15, 0.2) is 35.7 Å². The van der Waals surface area contributed by atoms with E-state index in [9.17, 15) is 9.90 Å². The number of rotatable bonds is 3. The average Bonchev–Trinajstić information content (AvgIpc) is 2.83. The molecule has 21 heavy (non-hydrogen) atoms. The Balaban J connectivity index is 2.03. The van der Waals surface area contributed by atoms with Crippen LogP contribution in [0.25, 0.3) is 0 Å². The van der Waals surface area contributed by atoms with Gasteiger partial charge in [-0.2, -0.15) is 0 Å². The molecular weight excluding hydrogens is 272 g/mol. The molecule has 7 nitrogen and oxygen atoms in total. The smallest absolute Gasteiger partial charge is 0.366 e. The van der Waals surface area contributed by atoms with Gasteiger partial charge < -0.3 is 15.2 Å². The molecule has 0 saturated carbocycles. The molecule has 0 aliphatic carbocycles. The summed E-state index contributed by atoms with van der Waals surface area (Å²) in [5.41, 5.74) is 2.67. The molecule has 0 spiro atoms. The van der Waals surface area contributed by atoms with Crippen LogP contribution in [0.4, 0.5) is 5.82 Å². The maximum atomic E-state index is 12.4. The van der Waals surface area contributed by atoms with E-state index >= 15 is 0 Å². The standard InChI is InChI=1S/C14H18N4O3/c1-2-21-13(19)14(20)10-6-8-15-9-11(10)17-18(14)12-5-3-4-7-16-12/h3-5,7,15,17,20H,2,6,8-9H2,1H3. The van der Waals surface area contributed by atoms with Crippen molar-refractivity contribution in [1.82, 2.24) is 15.7 Å². The Hall–Kier alpha value is -2.12. The van der Waals surface area contributed by atoms with Gasteiger partial charge in [-0.15, -0.1) is 0 Å². The lowest BCUT2D eigenvalue weighted by molar-refractivity contribution is -0.161. The first-order chi connectivity index (χ1) is 10.2. The minimum absolute atomic E-state index is 0.206. The molecule has 3 heterocycles. The van der Waals surface area contributed by atoms with Crippen LogP contribution in [0.2, 0.25) is 0 Å². The molecule has 1 aromatic rings. The molecule has 0 radical (unpaired) electrons. The van der Waals surface area contributed by atoms with Gasteiger partial charge in [-0.05, 0) is 32.0 Å². The zero-order chi connectivity index (χ0) is 14.9. The predicted octanol–water partition coefficient (Wildman–Crippen LogP) is -0.0947. The molecule has 7 heteroatoms. The maximum Gasteiger partial charge on any atom is 0.366 e. The Morgan fingerprint density at radius 2 is 2.43 bits per heavy atom. The summed E-state index contributed by atoms with van der Waals surface area (Å²) < 4.78 is 5.08.